The Kier molecular flexibility index (Phi) is 7.67. The molecule has 0 aliphatic carbocycles. The lowest BCUT2D eigenvalue weighted by molar-refractivity contribution is -0.152. The van der Waals surface area contributed by atoms with Crippen molar-refractivity contribution in [3.05, 3.63) is 102 Å². The molecule has 178 valence electrons. The quantitative estimate of drug-likeness (QED) is 0.338. The molecule has 35 heavy (non-hydrogen) atoms. The monoisotopic (exact) mass is 470 g/mol. The summed E-state index contributed by atoms with van der Waals surface area (Å²) in [5.74, 6) is -0.465. The Bertz CT molecular complexity index is 1210. The van der Waals surface area contributed by atoms with Crippen molar-refractivity contribution in [2.24, 2.45) is 5.10 Å². The molecule has 7 heteroatoms. The molecule has 1 aliphatic heterocycles. The van der Waals surface area contributed by atoms with Crippen LogP contribution in [0.25, 0.3) is 0 Å². The molecule has 0 spiro atoms. The second-order valence-electron chi connectivity index (χ2n) is 8.09. The third-order valence-corrected chi connectivity index (χ3v) is 5.78. The summed E-state index contributed by atoms with van der Waals surface area (Å²) < 4.78 is 10.4. The van der Waals surface area contributed by atoms with Crippen LogP contribution < -0.4 is 4.74 Å². The lowest BCUT2D eigenvalue weighted by Crippen LogP contribution is -2.31. The maximum Gasteiger partial charge on any atom is 0.306 e. The Hall–Kier alpha value is -4.26. The number of benzene rings is 3. The number of ketones is 1. The van der Waals surface area contributed by atoms with E-state index in [1.165, 1.54) is 5.01 Å². The second kappa shape index (κ2) is 11.2. The minimum Gasteiger partial charge on any atom is -0.497 e. The highest BCUT2D eigenvalue weighted by molar-refractivity contribution is 6.03. The van der Waals surface area contributed by atoms with Gasteiger partial charge in [0.25, 0.3) is 5.91 Å². The topological polar surface area (TPSA) is 85.3 Å². The molecule has 1 atom stereocenters. The summed E-state index contributed by atoms with van der Waals surface area (Å²) in [6.07, 6.45) is 0.453. The number of rotatable bonds is 9. The van der Waals surface area contributed by atoms with E-state index in [9.17, 15) is 14.4 Å². The molecule has 0 N–H and O–H groups in total. The molecule has 1 aliphatic rings. The average Bonchev–Trinajstić information content (AvgIpc) is 3.37. The van der Waals surface area contributed by atoms with Crippen molar-refractivity contribution >= 4 is 23.4 Å². The van der Waals surface area contributed by atoms with Crippen molar-refractivity contribution in [1.82, 2.24) is 5.01 Å². The molecular weight excluding hydrogens is 444 g/mol. The first kappa shape index (κ1) is 23.9. The summed E-state index contributed by atoms with van der Waals surface area (Å²) in [5.41, 5.74) is 3.14. The maximum absolute atomic E-state index is 13.0. The molecule has 3 aromatic rings. The van der Waals surface area contributed by atoms with Crippen molar-refractivity contribution in [2.45, 2.75) is 25.3 Å². The Balaban J connectivity index is 1.41. The molecule has 0 saturated heterocycles. The number of esters is 1. The minimum absolute atomic E-state index is 0.0194. The van der Waals surface area contributed by atoms with Crippen molar-refractivity contribution < 1.29 is 23.9 Å². The van der Waals surface area contributed by atoms with Crippen LogP contribution in [0, 0.1) is 0 Å². The van der Waals surface area contributed by atoms with Crippen LogP contribution in [-0.4, -0.2) is 42.1 Å². The summed E-state index contributed by atoms with van der Waals surface area (Å²) in [7, 11) is 1.60. The zero-order chi connectivity index (χ0) is 24.6. The van der Waals surface area contributed by atoms with E-state index in [1.54, 1.807) is 31.4 Å². The highest BCUT2D eigenvalue weighted by Gasteiger charge is 2.33. The molecule has 3 aromatic carbocycles. The van der Waals surface area contributed by atoms with Crippen molar-refractivity contribution in [2.75, 3.05) is 13.7 Å². The van der Waals surface area contributed by atoms with Crippen LogP contribution in [0.5, 0.6) is 5.75 Å². The van der Waals surface area contributed by atoms with Gasteiger partial charge in [-0.15, -0.1) is 0 Å². The molecule has 0 fully saturated rings. The van der Waals surface area contributed by atoms with E-state index in [0.29, 0.717) is 17.7 Å². The van der Waals surface area contributed by atoms with Gasteiger partial charge in [-0.05, 0) is 23.3 Å². The fourth-order valence-electron chi connectivity index (χ4n) is 3.90. The van der Waals surface area contributed by atoms with E-state index in [-0.39, 0.29) is 24.7 Å². The Morgan fingerprint density at radius 1 is 0.886 bits per heavy atom. The number of hydrogen-bond donors (Lipinski definition) is 0. The Morgan fingerprint density at radius 2 is 1.54 bits per heavy atom. The van der Waals surface area contributed by atoms with Crippen LogP contribution in [0.2, 0.25) is 0 Å². The van der Waals surface area contributed by atoms with Crippen LogP contribution in [0.3, 0.4) is 0 Å². The normalized spacial score (nSPS) is 14.8. The molecule has 4 rings (SSSR count). The number of Topliss-reactive ketones (excluding diaryl/α,β-unsaturated/α-hetero) is 1. The molecular formula is C28H26N2O5. The van der Waals surface area contributed by atoms with E-state index < -0.39 is 18.5 Å². The van der Waals surface area contributed by atoms with E-state index in [0.717, 1.165) is 16.8 Å². The first-order valence-corrected chi connectivity index (χ1v) is 11.4. The van der Waals surface area contributed by atoms with Crippen LogP contribution in [0.1, 0.15) is 46.8 Å². The molecule has 0 bridgehead atoms. The van der Waals surface area contributed by atoms with Crippen molar-refractivity contribution in [1.29, 1.82) is 0 Å². The highest BCUT2D eigenvalue weighted by Crippen LogP contribution is 2.33. The van der Waals surface area contributed by atoms with Crippen molar-refractivity contribution in [3.63, 3.8) is 0 Å². The zero-order valence-corrected chi connectivity index (χ0v) is 19.4. The fourth-order valence-corrected chi connectivity index (χ4v) is 3.90. The fraction of sp³-hybridized carbons (Fsp3) is 0.214. The number of amides is 1. The number of carbonyl (C=O) groups is 3. The van der Waals surface area contributed by atoms with Crippen LogP contribution >= 0.6 is 0 Å². The third kappa shape index (κ3) is 6.00. The summed E-state index contributed by atoms with van der Waals surface area (Å²) >= 11 is 0. The van der Waals surface area contributed by atoms with Crippen molar-refractivity contribution in [3.8, 4) is 5.75 Å². The van der Waals surface area contributed by atoms with Gasteiger partial charge in [-0.2, -0.15) is 5.10 Å². The first-order valence-electron chi connectivity index (χ1n) is 11.4. The largest absolute Gasteiger partial charge is 0.497 e. The van der Waals surface area contributed by atoms with E-state index in [2.05, 4.69) is 5.10 Å². The predicted octanol–water partition coefficient (Wildman–Crippen LogP) is 4.58. The third-order valence-electron chi connectivity index (χ3n) is 5.78. The molecule has 1 unspecified atom stereocenters. The average molecular weight is 471 g/mol. The first-order chi connectivity index (χ1) is 17.0. The lowest BCUT2D eigenvalue weighted by Gasteiger charge is -2.22. The van der Waals surface area contributed by atoms with Gasteiger partial charge >= 0.3 is 5.97 Å². The van der Waals surface area contributed by atoms with Gasteiger partial charge in [0.2, 0.25) is 0 Å². The van der Waals surface area contributed by atoms with Gasteiger partial charge in [0.15, 0.2) is 12.4 Å². The van der Waals surface area contributed by atoms with Gasteiger partial charge in [-0.3, -0.25) is 14.4 Å². The van der Waals surface area contributed by atoms with Gasteiger partial charge in [-0.25, -0.2) is 5.01 Å². The number of nitrogens with zero attached hydrogens (tertiary/aromatic N) is 2. The number of hydrogen-bond acceptors (Lipinski definition) is 6. The van der Waals surface area contributed by atoms with E-state index >= 15 is 0 Å². The summed E-state index contributed by atoms with van der Waals surface area (Å²) in [4.78, 5) is 37.5. The molecule has 0 radical (unpaired) electrons. The summed E-state index contributed by atoms with van der Waals surface area (Å²) in [5, 5.41) is 5.96. The van der Waals surface area contributed by atoms with Gasteiger partial charge in [0.1, 0.15) is 5.75 Å². The van der Waals surface area contributed by atoms with Gasteiger partial charge < -0.3 is 9.47 Å². The summed E-state index contributed by atoms with van der Waals surface area (Å²) in [6, 6.07) is 25.5. The second-order valence-corrected chi connectivity index (χ2v) is 8.09. The van der Waals surface area contributed by atoms with Gasteiger partial charge in [0, 0.05) is 18.4 Å². The minimum atomic E-state index is -0.602. The number of methoxy groups -OCH3 is 1. The standard InChI is InChI=1S/C28H26N2O5/c1-34-23-14-12-21(13-15-23)25-18-24(20-8-4-2-5-9-20)29-30(25)27(32)19-35-28(33)17-16-26(31)22-10-6-3-7-11-22/h2-15,25H,16-19H2,1H3. The van der Waals surface area contributed by atoms with Gasteiger partial charge in [0.05, 0.1) is 25.3 Å². The zero-order valence-electron chi connectivity index (χ0n) is 19.4. The van der Waals surface area contributed by atoms with Gasteiger partial charge in [-0.1, -0.05) is 72.8 Å². The molecule has 1 amide bonds. The summed E-state index contributed by atoms with van der Waals surface area (Å²) in [6.45, 7) is -0.448. The molecule has 0 aromatic heterocycles. The smallest absolute Gasteiger partial charge is 0.306 e. The van der Waals surface area contributed by atoms with E-state index in [4.69, 9.17) is 9.47 Å². The molecule has 7 nitrogen and oxygen atoms in total. The highest BCUT2D eigenvalue weighted by atomic mass is 16.5. The predicted molar refractivity (Wildman–Crippen MR) is 131 cm³/mol. The molecule has 1 heterocycles. The SMILES string of the molecule is COc1ccc(C2CC(c3ccccc3)=NN2C(=O)COC(=O)CCC(=O)c2ccccc2)cc1. The Morgan fingerprint density at radius 3 is 2.20 bits per heavy atom. The van der Waals surface area contributed by atoms with Crippen LogP contribution in [0.15, 0.2) is 90.0 Å². The van der Waals surface area contributed by atoms with E-state index in [1.807, 2.05) is 60.7 Å². The maximum atomic E-state index is 13.0. The Labute approximate surface area is 204 Å². The lowest BCUT2D eigenvalue weighted by atomic mass is 9.98. The number of carbonyl (C=O) groups excluding carboxylic acids is 3. The molecule has 0 saturated carbocycles. The van der Waals surface area contributed by atoms with Crippen LogP contribution in [0.4, 0.5) is 0 Å². The number of ether oxygens (including phenoxy) is 2. The number of hydrazone groups is 1. The van der Waals surface area contributed by atoms with Crippen LogP contribution in [-0.2, 0) is 14.3 Å².